The van der Waals surface area contributed by atoms with E-state index >= 15 is 0 Å². The van der Waals surface area contributed by atoms with Crippen molar-refractivity contribution in [3.8, 4) is 0 Å². The number of anilines is 2. The zero-order valence-electron chi connectivity index (χ0n) is 11.0. The lowest BCUT2D eigenvalue weighted by atomic mass is 10.0. The van der Waals surface area contributed by atoms with Crippen LogP contribution in [-0.4, -0.2) is 5.17 Å². The largest absolute Gasteiger partial charge is 0.738 e. The van der Waals surface area contributed by atoms with Crippen molar-refractivity contribution in [2.75, 3.05) is 10.3 Å². The van der Waals surface area contributed by atoms with Gasteiger partial charge in [0.1, 0.15) is 0 Å². The number of fused-ring (bicyclic) bond motifs is 3. The van der Waals surface area contributed by atoms with Crippen LogP contribution >= 0.6 is 11.6 Å². The Bertz CT molecular complexity index is 767. The van der Waals surface area contributed by atoms with Crippen LogP contribution in [0.15, 0.2) is 66.6 Å². The molecule has 0 aromatic heterocycles. The summed E-state index contributed by atoms with van der Waals surface area (Å²) in [4.78, 5) is 0. The first kappa shape index (κ1) is 12.3. The number of benzene rings is 2. The summed E-state index contributed by atoms with van der Waals surface area (Å²) < 4.78 is 0. The van der Waals surface area contributed by atoms with Crippen LogP contribution in [0.25, 0.3) is 5.57 Å². The summed E-state index contributed by atoms with van der Waals surface area (Å²) in [5.74, 6) is 0. The van der Waals surface area contributed by atoms with Crippen LogP contribution in [0.4, 0.5) is 11.4 Å². The highest BCUT2D eigenvalue weighted by atomic mass is 35.5. The van der Waals surface area contributed by atoms with Gasteiger partial charge in [0.25, 0.3) is 0 Å². The standard InChI is InChI=1S/C16H11ClN3O/c17-11-5-7-12(8-6-11)19-10-14-13-3-1-2-4-15(13)18-9-16(14)20(19)21/h1-10,18H/q-1. The van der Waals surface area contributed by atoms with Crippen LogP contribution in [0.1, 0.15) is 5.56 Å². The van der Waals surface area contributed by atoms with Crippen molar-refractivity contribution >= 4 is 28.5 Å². The summed E-state index contributed by atoms with van der Waals surface area (Å²) in [6, 6.07) is 15.1. The first-order valence-electron chi connectivity index (χ1n) is 6.54. The van der Waals surface area contributed by atoms with Crippen molar-refractivity contribution in [1.82, 2.24) is 5.17 Å². The van der Waals surface area contributed by atoms with Gasteiger partial charge in [0.2, 0.25) is 0 Å². The fourth-order valence-electron chi connectivity index (χ4n) is 2.56. The van der Waals surface area contributed by atoms with E-state index in [0.29, 0.717) is 10.7 Å². The molecular weight excluding hydrogens is 286 g/mol. The zero-order valence-corrected chi connectivity index (χ0v) is 11.7. The Balaban J connectivity index is 1.80. The highest BCUT2D eigenvalue weighted by Crippen LogP contribution is 2.41. The van der Waals surface area contributed by atoms with Crippen LogP contribution in [0.5, 0.6) is 0 Å². The summed E-state index contributed by atoms with van der Waals surface area (Å²) in [5.41, 5.74) is 4.30. The van der Waals surface area contributed by atoms with Gasteiger partial charge in [-0.25, -0.2) is 0 Å². The molecule has 21 heavy (non-hydrogen) atoms. The zero-order chi connectivity index (χ0) is 14.4. The molecule has 0 unspecified atom stereocenters. The van der Waals surface area contributed by atoms with Crippen molar-refractivity contribution in [3.05, 3.63) is 82.4 Å². The van der Waals surface area contributed by atoms with Gasteiger partial charge in [-0.1, -0.05) is 29.8 Å². The van der Waals surface area contributed by atoms with E-state index in [4.69, 9.17) is 11.6 Å². The van der Waals surface area contributed by atoms with Crippen LogP contribution in [0, 0.1) is 5.21 Å². The second-order valence-electron chi connectivity index (χ2n) is 4.86. The van der Waals surface area contributed by atoms with E-state index in [1.807, 2.05) is 42.6 Å². The van der Waals surface area contributed by atoms with E-state index in [2.05, 4.69) is 5.32 Å². The fraction of sp³-hybridized carbons (Fsp3) is 0. The Morgan fingerprint density at radius 2 is 1.76 bits per heavy atom. The van der Waals surface area contributed by atoms with Crippen molar-refractivity contribution in [1.29, 1.82) is 0 Å². The van der Waals surface area contributed by atoms with Crippen LogP contribution in [-0.2, 0) is 0 Å². The maximum Gasteiger partial charge on any atom is 0.0712 e. The van der Waals surface area contributed by atoms with Gasteiger partial charge in [0.15, 0.2) is 0 Å². The quantitative estimate of drug-likeness (QED) is 0.857. The van der Waals surface area contributed by atoms with Gasteiger partial charge >= 0.3 is 0 Å². The highest BCUT2D eigenvalue weighted by molar-refractivity contribution is 6.30. The molecule has 0 atom stereocenters. The molecule has 0 fully saturated rings. The van der Waals surface area contributed by atoms with Crippen molar-refractivity contribution in [2.45, 2.75) is 0 Å². The lowest BCUT2D eigenvalue weighted by molar-refractivity contribution is 0.510. The summed E-state index contributed by atoms with van der Waals surface area (Å²) in [6.07, 6.45) is 3.58. The average Bonchev–Trinajstić information content (AvgIpc) is 2.86. The molecule has 104 valence electrons. The van der Waals surface area contributed by atoms with E-state index in [1.54, 1.807) is 23.3 Å². The molecule has 0 bridgehead atoms. The van der Waals surface area contributed by atoms with Crippen molar-refractivity contribution in [2.24, 2.45) is 0 Å². The number of allylic oxidation sites excluding steroid dienone is 1. The molecule has 5 heteroatoms. The van der Waals surface area contributed by atoms with E-state index in [1.165, 1.54) is 0 Å². The van der Waals surface area contributed by atoms with E-state index in [-0.39, 0.29) is 0 Å². The minimum Gasteiger partial charge on any atom is -0.738 e. The van der Waals surface area contributed by atoms with Gasteiger partial charge in [0.05, 0.1) is 11.4 Å². The third-order valence-corrected chi connectivity index (χ3v) is 3.85. The number of hydrazine groups is 1. The van der Waals surface area contributed by atoms with E-state index < -0.39 is 0 Å². The van der Waals surface area contributed by atoms with Crippen molar-refractivity contribution < 1.29 is 0 Å². The summed E-state index contributed by atoms with van der Waals surface area (Å²) in [6.45, 7) is 0. The Labute approximate surface area is 127 Å². The molecule has 0 saturated carbocycles. The predicted molar refractivity (Wildman–Crippen MR) is 85.3 cm³/mol. The first-order valence-corrected chi connectivity index (χ1v) is 6.92. The second kappa shape index (κ2) is 4.55. The molecule has 0 aliphatic carbocycles. The Kier molecular flexibility index (Phi) is 2.67. The van der Waals surface area contributed by atoms with E-state index in [9.17, 15) is 5.21 Å². The topological polar surface area (TPSA) is 41.6 Å². The number of halogens is 1. The summed E-state index contributed by atoms with van der Waals surface area (Å²) in [7, 11) is 0. The molecule has 1 N–H and O–H groups in total. The smallest absolute Gasteiger partial charge is 0.0712 e. The molecule has 0 spiro atoms. The fourth-order valence-corrected chi connectivity index (χ4v) is 2.69. The number of nitrogens with one attached hydrogen (secondary N) is 1. The molecule has 4 rings (SSSR count). The number of hydroxylamine groups is 1. The minimum absolute atomic E-state index is 0.601. The Hall–Kier alpha value is -2.43. The van der Waals surface area contributed by atoms with Gasteiger partial charge in [-0.05, 0) is 30.3 Å². The second-order valence-corrected chi connectivity index (χ2v) is 5.29. The van der Waals surface area contributed by atoms with Gasteiger partial charge in [0, 0.05) is 34.2 Å². The van der Waals surface area contributed by atoms with Crippen LogP contribution < -0.4 is 10.3 Å². The SMILES string of the molecule is [O-]N1C2=CNc3ccccc3C2=CN1c1ccc(Cl)cc1. The summed E-state index contributed by atoms with van der Waals surface area (Å²) >= 11 is 5.90. The maximum atomic E-state index is 12.5. The predicted octanol–water partition coefficient (Wildman–Crippen LogP) is 4.18. The summed E-state index contributed by atoms with van der Waals surface area (Å²) in [5, 5.41) is 18.7. The van der Waals surface area contributed by atoms with E-state index in [0.717, 1.165) is 27.7 Å². The van der Waals surface area contributed by atoms with Gasteiger partial charge < -0.3 is 15.7 Å². The number of para-hydroxylation sites is 1. The molecule has 2 aliphatic heterocycles. The molecule has 0 saturated heterocycles. The molecule has 2 aliphatic rings. The lowest BCUT2D eigenvalue weighted by Crippen LogP contribution is -2.29. The van der Waals surface area contributed by atoms with Gasteiger partial charge in [-0.15, -0.1) is 0 Å². The minimum atomic E-state index is 0.601. The third kappa shape index (κ3) is 1.88. The lowest BCUT2D eigenvalue weighted by Gasteiger charge is -2.37. The molecule has 2 aromatic rings. The Morgan fingerprint density at radius 1 is 1.00 bits per heavy atom. The number of nitrogens with zero attached hydrogens (tertiary/aromatic N) is 2. The first-order chi connectivity index (χ1) is 10.2. The molecule has 0 radical (unpaired) electrons. The van der Waals surface area contributed by atoms with Crippen LogP contribution in [0.3, 0.4) is 0 Å². The normalized spacial score (nSPS) is 15.9. The number of rotatable bonds is 1. The van der Waals surface area contributed by atoms with Gasteiger partial charge in [-0.2, -0.15) is 0 Å². The average molecular weight is 297 g/mol. The Morgan fingerprint density at radius 3 is 2.57 bits per heavy atom. The molecule has 2 aromatic carbocycles. The molecule has 0 amide bonds. The highest BCUT2D eigenvalue weighted by Gasteiger charge is 2.26. The maximum absolute atomic E-state index is 12.5. The molecule has 2 heterocycles. The van der Waals surface area contributed by atoms with Crippen molar-refractivity contribution in [3.63, 3.8) is 0 Å². The number of hydrogen-bond acceptors (Lipinski definition) is 4. The monoisotopic (exact) mass is 296 g/mol. The molecular formula is C16H11ClN3O-. The van der Waals surface area contributed by atoms with Gasteiger partial charge in [-0.3, -0.25) is 5.01 Å². The molecule has 4 nitrogen and oxygen atoms in total. The third-order valence-electron chi connectivity index (χ3n) is 3.60. The van der Waals surface area contributed by atoms with Crippen LogP contribution in [0.2, 0.25) is 5.02 Å². The number of hydrogen-bond donors (Lipinski definition) is 1.